The third-order valence-electron chi connectivity index (χ3n) is 12.1. The third-order valence-corrected chi connectivity index (χ3v) is 12.1. The van der Waals surface area contributed by atoms with Gasteiger partial charge in [0.05, 0.1) is 11.0 Å². The SMILES string of the molecule is c1ccc(-c2nc(-c3cccc4ccccc34)nc(-c3c4ccccc4cc4oc5cc(-n6c7cc8ccccc8cc7c7cc8ccccc8cc76)ccc5c34)n2)cc1. The van der Waals surface area contributed by atoms with Crippen molar-refractivity contribution in [1.82, 2.24) is 19.5 Å². The molecule has 5 heteroatoms. The van der Waals surface area contributed by atoms with Crippen molar-refractivity contribution in [2.75, 3.05) is 0 Å². The Morgan fingerprint density at radius 3 is 1.63 bits per heavy atom. The highest BCUT2D eigenvalue weighted by atomic mass is 16.3. The number of hydrogen-bond acceptors (Lipinski definition) is 4. The first-order valence-electron chi connectivity index (χ1n) is 20.3. The van der Waals surface area contributed by atoms with Gasteiger partial charge in [0.25, 0.3) is 0 Å². The summed E-state index contributed by atoms with van der Waals surface area (Å²) in [4.78, 5) is 15.8. The molecule has 0 aliphatic rings. The molecule has 0 aliphatic heterocycles. The minimum atomic E-state index is 0.599. The van der Waals surface area contributed by atoms with E-state index in [2.05, 4.69) is 180 Å². The fraction of sp³-hybridized carbons (Fsp3) is 0. The molecule has 0 atom stereocenters. The third kappa shape index (κ3) is 4.96. The van der Waals surface area contributed by atoms with Crippen molar-refractivity contribution in [3.8, 4) is 39.9 Å². The maximum absolute atomic E-state index is 6.93. The van der Waals surface area contributed by atoms with Gasteiger partial charge in [0.1, 0.15) is 11.2 Å². The zero-order valence-corrected chi connectivity index (χ0v) is 32.2. The molecule has 0 fully saturated rings. The second kappa shape index (κ2) is 12.7. The molecule has 0 saturated heterocycles. The van der Waals surface area contributed by atoms with E-state index >= 15 is 0 Å². The average molecular weight is 765 g/mol. The van der Waals surface area contributed by atoms with Gasteiger partial charge in [-0.3, -0.25) is 0 Å². The van der Waals surface area contributed by atoms with E-state index in [4.69, 9.17) is 19.4 Å². The molecule has 0 aliphatic carbocycles. The lowest BCUT2D eigenvalue weighted by molar-refractivity contribution is 0.669. The van der Waals surface area contributed by atoms with E-state index in [0.29, 0.717) is 17.5 Å². The van der Waals surface area contributed by atoms with Crippen LogP contribution in [0, 0.1) is 0 Å². The molecule has 5 nitrogen and oxygen atoms in total. The predicted octanol–water partition coefficient (Wildman–Crippen LogP) is 14.5. The minimum absolute atomic E-state index is 0.599. The quantitative estimate of drug-likeness (QED) is 0.179. The summed E-state index contributed by atoms with van der Waals surface area (Å²) in [5, 5.41) is 13.6. The normalized spacial score (nSPS) is 12.0. The van der Waals surface area contributed by atoms with Crippen LogP contribution in [0.5, 0.6) is 0 Å². The Morgan fingerprint density at radius 1 is 0.350 bits per heavy atom. The van der Waals surface area contributed by atoms with Crippen molar-refractivity contribution in [3.05, 3.63) is 194 Å². The summed E-state index contributed by atoms with van der Waals surface area (Å²) in [5.74, 6) is 1.84. The van der Waals surface area contributed by atoms with Gasteiger partial charge >= 0.3 is 0 Å². The Balaban J connectivity index is 1.09. The van der Waals surface area contributed by atoms with E-state index in [1.807, 2.05) is 18.2 Å². The Labute approximate surface area is 343 Å². The summed E-state index contributed by atoms with van der Waals surface area (Å²) in [7, 11) is 0. The van der Waals surface area contributed by atoms with Gasteiger partial charge in [0.15, 0.2) is 17.5 Å². The fourth-order valence-electron chi connectivity index (χ4n) is 9.37. The van der Waals surface area contributed by atoms with Crippen molar-refractivity contribution >= 4 is 86.8 Å². The molecule has 0 saturated carbocycles. The number of fused-ring (bicyclic) bond motifs is 10. The van der Waals surface area contributed by atoms with Gasteiger partial charge in [-0.2, -0.15) is 0 Å². The zero-order chi connectivity index (χ0) is 39.3. The van der Waals surface area contributed by atoms with E-state index in [1.54, 1.807) is 0 Å². The standard InChI is InChI=1S/C55H32N4O/c1-2-14-34(15-3-1)53-56-54(43-24-12-21-33-13-8-10-22-41(33)43)58-55(57-53)52-42-23-11-9-20-39(42)31-50-51(52)44-26-25-40(32-49(44)60-50)59-47-29-37-18-6-4-16-35(37)27-45(47)46-28-36-17-5-7-19-38(36)30-48(46)59/h1-32H. The zero-order valence-electron chi connectivity index (χ0n) is 32.2. The minimum Gasteiger partial charge on any atom is -0.456 e. The first-order chi connectivity index (χ1) is 29.7. The number of benzene rings is 10. The molecule has 0 N–H and O–H groups in total. The molecular formula is C55H32N4O. The molecular weight excluding hydrogens is 733 g/mol. The summed E-state index contributed by atoms with van der Waals surface area (Å²) < 4.78 is 9.32. The van der Waals surface area contributed by atoms with Crippen molar-refractivity contribution in [1.29, 1.82) is 0 Å². The summed E-state index contributed by atoms with van der Waals surface area (Å²) >= 11 is 0. The highest BCUT2D eigenvalue weighted by Gasteiger charge is 2.23. The molecule has 60 heavy (non-hydrogen) atoms. The predicted molar refractivity (Wildman–Crippen MR) is 248 cm³/mol. The molecule has 278 valence electrons. The molecule has 0 spiro atoms. The van der Waals surface area contributed by atoms with E-state index in [9.17, 15) is 0 Å². The van der Waals surface area contributed by atoms with Crippen LogP contribution in [0.2, 0.25) is 0 Å². The van der Waals surface area contributed by atoms with E-state index in [1.165, 1.54) is 32.3 Å². The van der Waals surface area contributed by atoms with Crippen molar-refractivity contribution in [3.63, 3.8) is 0 Å². The van der Waals surface area contributed by atoms with Crippen LogP contribution in [-0.4, -0.2) is 19.5 Å². The van der Waals surface area contributed by atoms with Crippen LogP contribution in [0.1, 0.15) is 0 Å². The van der Waals surface area contributed by atoms with Gasteiger partial charge in [-0.15, -0.1) is 0 Å². The van der Waals surface area contributed by atoms with Gasteiger partial charge in [0, 0.05) is 50.0 Å². The lowest BCUT2D eigenvalue weighted by atomic mass is 9.97. The van der Waals surface area contributed by atoms with Crippen LogP contribution >= 0.6 is 0 Å². The fourth-order valence-corrected chi connectivity index (χ4v) is 9.37. The average Bonchev–Trinajstić information content (AvgIpc) is 3.82. The largest absolute Gasteiger partial charge is 0.456 e. The number of hydrogen-bond donors (Lipinski definition) is 0. The lowest BCUT2D eigenvalue weighted by Gasteiger charge is -2.13. The van der Waals surface area contributed by atoms with Crippen molar-refractivity contribution < 1.29 is 4.42 Å². The van der Waals surface area contributed by atoms with Crippen LogP contribution in [-0.2, 0) is 0 Å². The molecule has 13 rings (SSSR count). The van der Waals surface area contributed by atoms with Gasteiger partial charge < -0.3 is 8.98 Å². The second-order valence-corrected chi connectivity index (χ2v) is 15.6. The molecule has 0 unspecified atom stereocenters. The monoisotopic (exact) mass is 764 g/mol. The van der Waals surface area contributed by atoms with Gasteiger partial charge in [-0.05, 0) is 85.6 Å². The first-order valence-corrected chi connectivity index (χ1v) is 20.3. The number of aromatic nitrogens is 4. The summed E-state index contributed by atoms with van der Waals surface area (Å²) in [6, 6.07) is 68.6. The maximum Gasteiger partial charge on any atom is 0.165 e. The summed E-state index contributed by atoms with van der Waals surface area (Å²) in [6.07, 6.45) is 0. The molecule has 3 aromatic heterocycles. The van der Waals surface area contributed by atoms with Crippen LogP contribution in [0.15, 0.2) is 199 Å². The smallest absolute Gasteiger partial charge is 0.165 e. The molecule has 0 radical (unpaired) electrons. The molecule has 0 bridgehead atoms. The second-order valence-electron chi connectivity index (χ2n) is 15.6. The van der Waals surface area contributed by atoms with E-state index in [-0.39, 0.29) is 0 Å². The summed E-state index contributed by atoms with van der Waals surface area (Å²) in [5.41, 5.74) is 7.71. The highest BCUT2D eigenvalue weighted by molar-refractivity contribution is 6.21. The molecule has 10 aromatic carbocycles. The molecule has 3 heterocycles. The van der Waals surface area contributed by atoms with Crippen LogP contribution in [0.3, 0.4) is 0 Å². The number of rotatable bonds is 4. The van der Waals surface area contributed by atoms with Gasteiger partial charge in [-0.25, -0.2) is 15.0 Å². The van der Waals surface area contributed by atoms with E-state index in [0.717, 1.165) is 76.9 Å². The highest BCUT2D eigenvalue weighted by Crippen LogP contribution is 2.44. The molecule has 0 amide bonds. The Hall–Kier alpha value is -8.15. The Bertz CT molecular complexity index is 3800. The van der Waals surface area contributed by atoms with E-state index < -0.39 is 0 Å². The topological polar surface area (TPSA) is 56.7 Å². The van der Waals surface area contributed by atoms with Gasteiger partial charge in [-0.1, -0.05) is 146 Å². The Kier molecular flexibility index (Phi) is 6.95. The number of nitrogens with zero attached hydrogens (tertiary/aromatic N) is 4. The van der Waals surface area contributed by atoms with Crippen molar-refractivity contribution in [2.24, 2.45) is 0 Å². The Morgan fingerprint density at radius 2 is 0.917 bits per heavy atom. The first kappa shape index (κ1) is 32.9. The maximum atomic E-state index is 6.93. The van der Waals surface area contributed by atoms with Crippen LogP contribution in [0.25, 0.3) is 127 Å². The van der Waals surface area contributed by atoms with Gasteiger partial charge in [0.2, 0.25) is 0 Å². The molecule has 13 aromatic rings. The lowest BCUT2D eigenvalue weighted by Crippen LogP contribution is -2.01. The van der Waals surface area contributed by atoms with Crippen molar-refractivity contribution in [2.45, 2.75) is 0 Å². The van der Waals surface area contributed by atoms with Crippen LogP contribution < -0.4 is 0 Å². The number of furan rings is 1. The summed E-state index contributed by atoms with van der Waals surface area (Å²) in [6.45, 7) is 0. The van der Waals surface area contributed by atoms with Crippen LogP contribution in [0.4, 0.5) is 0 Å².